The highest BCUT2D eigenvalue weighted by atomic mass is 35.5. The zero-order valence-electron chi connectivity index (χ0n) is 13.9. The molecule has 0 aliphatic rings. The molecule has 3 aromatic rings. The fourth-order valence-electron chi connectivity index (χ4n) is 3.06. The topological polar surface area (TPSA) is 57.8 Å². The van der Waals surface area contributed by atoms with E-state index in [1.807, 2.05) is 6.92 Å². The van der Waals surface area contributed by atoms with Crippen LogP contribution in [0.5, 0.6) is 11.5 Å². The molecule has 0 aliphatic carbocycles. The van der Waals surface area contributed by atoms with Crippen LogP contribution in [0.4, 0.5) is 0 Å². The van der Waals surface area contributed by atoms with Crippen molar-refractivity contribution in [2.24, 2.45) is 0 Å². The van der Waals surface area contributed by atoms with Gasteiger partial charge in [0, 0.05) is 24.2 Å². The lowest BCUT2D eigenvalue weighted by atomic mass is 9.96. The second-order valence-corrected chi connectivity index (χ2v) is 6.51. The predicted molar refractivity (Wildman–Crippen MR) is 96.9 cm³/mol. The summed E-state index contributed by atoms with van der Waals surface area (Å²) in [7, 11) is 0. The third kappa shape index (κ3) is 2.94. The normalized spacial score (nSPS) is 11.3. The van der Waals surface area contributed by atoms with E-state index in [1.165, 1.54) is 0 Å². The highest BCUT2D eigenvalue weighted by molar-refractivity contribution is 6.31. The molecule has 0 saturated carbocycles. The van der Waals surface area contributed by atoms with E-state index in [2.05, 4.69) is 11.9 Å². The number of aromatic hydroxyl groups is 2. The van der Waals surface area contributed by atoms with E-state index in [-0.39, 0.29) is 11.5 Å². The first-order chi connectivity index (χ1) is 11.5. The molecule has 0 unspecified atom stereocenters. The Balaban J connectivity index is 2.13. The van der Waals surface area contributed by atoms with Crippen molar-refractivity contribution in [1.82, 2.24) is 9.38 Å². The maximum atomic E-state index is 10.6. The Morgan fingerprint density at radius 1 is 1.12 bits per heavy atom. The number of phenols is 2. The summed E-state index contributed by atoms with van der Waals surface area (Å²) in [5.41, 5.74) is 3.40. The van der Waals surface area contributed by atoms with E-state index in [9.17, 15) is 10.2 Å². The summed E-state index contributed by atoms with van der Waals surface area (Å²) in [4.78, 5) is 4.34. The molecule has 0 aliphatic heterocycles. The number of benzene rings is 1. The van der Waals surface area contributed by atoms with E-state index in [1.54, 1.807) is 35.1 Å². The van der Waals surface area contributed by atoms with Crippen LogP contribution in [-0.4, -0.2) is 19.6 Å². The quantitative estimate of drug-likeness (QED) is 0.632. The Bertz CT molecular complexity index is 863. The van der Waals surface area contributed by atoms with Crippen molar-refractivity contribution < 1.29 is 10.2 Å². The van der Waals surface area contributed by atoms with E-state index in [0.717, 1.165) is 36.8 Å². The van der Waals surface area contributed by atoms with Crippen LogP contribution in [0.15, 0.2) is 30.7 Å². The van der Waals surface area contributed by atoms with Gasteiger partial charge in [0.25, 0.3) is 0 Å². The number of phenolic OH excluding ortho intramolecular Hbond substituents is 2. The molecule has 2 heterocycles. The number of fused-ring (bicyclic) bond motifs is 1. The lowest BCUT2D eigenvalue weighted by Gasteiger charge is -2.14. The minimum atomic E-state index is 0.0526. The Morgan fingerprint density at radius 3 is 2.50 bits per heavy atom. The van der Waals surface area contributed by atoms with Gasteiger partial charge in [-0.15, -0.1) is 0 Å². The van der Waals surface area contributed by atoms with Gasteiger partial charge < -0.3 is 14.6 Å². The van der Waals surface area contributed by atoms with Crippen LogP contribution in [-0.2, 0) is 6.42 Å². The van der Waals surface area contributed by atoms with E-state index < -0.39 is 0 Å². The molecule has 2 N–H and O–H groups in total. The van der Waals surface area contributed by atoms with Gasteiger partial charge >= 0.3 is 0 Å². The third-order valence-electron chi connectivity index (χ3n) is 4.35. The zero-order valence-corrected chi connectivity index (χ0v) is 14.6. The number of imidazole rings is 1. The van der Waals surface area contributed by atoms with Crippen LogP contribution in [0.25, 0.3) is 16.8 Å². The monoisotopic (exact) mass is 344 g/mol. The summed E-state index contributed by atoms with van der Waals surface area (Å²) in [5, 5.41) is 21.7. The van der Waals surface area contributed by atoms with Crippen LogP contribution in [0.1, 0.15) is 37.3 Å². The highest BCUT2D eigenvalue weighted by Crippen LogP contribution is 2.43. The highest BCUT2D eigenvalue weighted by Gasteiger charge is 2.20. The largest absolute Gasteiger partial charge is 0.507 e. The maximum Gasteiger partial charge on any atom is 0.145 e. The van der Waals surface area contributed by atoms with Crippen LogP contribution >= 0.6 is 11.6 Å². The molecule has 126 valence electrons. The first kappa shape index (κ1) is 16.7. The summed E-state index contributed by atoms with van der Waals surface area (Å²) in [6, 6.07) is 3.45. The smallest absolute Gasteiger partial charge is 0.145 e. The number of hydrogen-bond donors (Lipinski definition) is 2. The van der Waals surface area contributed by atoms with Crippen molar-refractivity contribution in [1.29, 1.82) is 0 Å². The Labute approximate surface area is 146 Å². The first-order valence-electron chi connectivity index (χ1n) is 8.20. The molecule has 0 amide bonds. The van der Waals surface area contributed by atoms with Crippen molar-refractivity contribution in [2.75, 3.05) is 0 Å². The van der Waals surface area contributed by atoms with Gasteiger partial charge in [0.2, 0.25) is 0 Å². The molecule has 24 heavy (non-hydrogen) atoms. The number of aromatic nitrogens is 2. The number of unbranched alkanes of at least 4 members (excludes halogenated alkanes) is 2. The molecule has 4 nitrogen and oxygen atoms in total. The molecule has 0 radical (unpaired) electrons. The summed E-state index contributed by atoms with van der Waals surface area (Å²) < 4.78 is 1.79. The minimum Gasteiger partial charge on any atom is -0.507 e. The third-order valence-corrected chi connectivity index (χ3v) is 4.73. The van der Waals surface area contributed by atoms with Crippen molar-refractivity contribution in [2.45, 2.75) is 39.5 Å². The second-order valence-electron chi connectivity index (χ2n) is 6.10. The van der Waals surface area contributed by atoms with Crippen molar-refractivity contribution in [3.8, 4) is 22.6 Å². The molecular weight excluding hydrogens is 324 g/mol. The standard InChI is InChI=1S/C19H21ClN2O2/c1-3-4-5-6-13-9-15(23)18(16(24)10-13)17-12(2)14(20)11-22-8-7-21-19(17)22/h7-11,23-24H,3-6H2,1-2H3. The lowest BCUT2D eigenvalue weighted by molar-refractivity contribution is 0.452. The minimum absolute atomic E-state index is 0.0526. The van der Waals surface area contributed by atoms with Crippen molar-refractivity contribution in [3.05, 3.63) is 46.9 Å². The Morgan fingerprint density at radius 2 is 1.83 bits per heavy atom. The predicted octanol–water partition coefficient (Wildman–Crippen LogP) is 5.11. The van der Waals surface area contributed by atoms with Gasteiger partial charge in [0.15, 0.2) is 0 Å². The summed E-state index contributed by atoms with van der Waals surface area (Å²) >= 11 is 6.31. The van der Waals surface area contributed by atoms with Crippen molar-refractivity contribution >= 4 is 17.2 Å². The van der Waals surface area contributed by atoms with Crippen LogP contribution < -0.4 is 0 Å². The van der Waals surface area contributed by atoms with Gasteiger partial charge in [-0.2, -0.15) is 0 Å². The fourth-order valence-corrected chi connectivity index (χ4v) is 3.26. The molecule has 5 heteroatoms. The molecule has 0 spiro atoms. The van der Waals surface area contributed by atoms with Gasteiger partial charge in [0.1, 0.15) is 17.1 Å². The van der Waals surface area contributed by atoms with Gasteiger partial charge in [-0.3, -0.25) is 0 Å². The van der Waals surface area contributed by atoms with E-state index in [0.29, 0.717) is 21.8 Å². The number of rotatable bonds is 5. The van der Waals surface area contributed by atoms with Gasteiger partial charge in [-0.25, -0.2) is 4.98 Å². The molecule has 2 aromatic heterocycles. The molecule has 0 fully saturated rings. The van der Waals surface area contributed by atoms with E-state index >= 15 is 0 Å². The van der Waals surface area contributed by atoms with E-state index in [4.69, 9.17) is 11.6 Å². The maximum absolute atomic E-state index is 10.6. The van der Waals surface area contributed by atoms with Gasteiger partial charge in [-0.05, 0) is 43.0 Å². The average molecular weight is 345 g/mol. The van der Waals surface area contributed by atoms with Crippen LogP contribution in [0.2, 0.25) is 5.02 Å². The number of pyridine rings is 1. The average Bonchev–Trinajstić information content (AvgIpc) is 2.98. The SMILES string of the molecule is CCCCCc1cc(O)c(-c2c(C)c(Cl)cn3ccnc23)c(O)c1. The summed E-state index contributed by atoms with van der Waals surface area (Å²) in [5.74, 6) is 0.105. The van der Waals surface area contributed by atoms with Crippen molar-refractivity contribution in [3.63, 3.8) is 0 Å². The second kappa shape index (κ2) is 6.73. The van der Waals surface area contributed by atoms with Crippen LogP contribution in [0.3, 0.4) is 0 Å². The molecule has 3 rings (SSSR count). The molecule has 0 saturated heterocycles. The number of aryl methyl sites for hydroxylation is 1. The van der Waals surface area contributed by atoms with Gasteiger partial charge in [0.05, 0.1) is 10.6 Å². The lowest BCUT2D eigenvalue weighted by Crippen LogP contribution is -1.95. The Hall–Kier alpha value is -2.20. The molecular formula is C19H21ClN2O2. The number of hydrogen-bond acceptors (Lipinski definition) is 3. The first-order valence-corrected chi connectivity index (χ1v) is 8.57. The molecule has 1 aromatic carbocycles. The summed E-state index contributed by atoms with van der Waals surface area (Å²) in [6.45, 7) is 4.01. The number of nitrogens with zero attached hydrogens (tertiary/aromatic N) is 2. The number of halogens is 1. The van der Waals surface area contributed by atoms with Gasteiger partial charge in [-0.1, -0.05) is 31.4 Å². The molecule has 0 atom stereocenters. The Kier molecular flexibility index (Phi) is 4.67. The fraction of sp³-hybridized carbons (Fsp3) is 0.316. The summed E-state index contributed by atoms with van der Waals surface area (Å²) in [6.07, 6.45) is 9.37. The van der Waals surface area contributed by atoms with Crippen LogP contribution in [0, 0.1) is 6.92 Å². The zero-order chi connectivity index (χ0) is 17.3. The molecule has 0 bridgehead atoms.